The minimum absolute atomic E-state index is 0.00430. The lowest BCUT2D eigenvalue weighted by Gasteiger charge is -2.37. The van der Waals surface area contributed by atoms with Crippen molar-refractivity contribution in [1.29, 1.82) is 0 Å². The minimum Gasteiger partial charge on any atom is -0.494 e. The molecule has 34 heavy (non-hydrogen) atoms. The number of nitrogens with zero attached hydrogens (tertiary/aromatic N) is 3. The summed E-state index contributed by atoms with van der Waals surface area (Å²) >= 11 is 0. The number of β-amino-alcohol motifs (C(OH)–C–C–N with tert-alkyl or cyclic N) is 1. The summed E-state index contributed by atoms with van der Waals surface area (Å²) in [5.74, 6) is 1.00. The van der Waals surface area contributed by atoms with E-state index in [0.717, 1.165) is 63.3 Å². The van der Waals surface area contributed by atoms with E-state index in [4.69, 9.17) is 4.74 Å². The summed E-state index contributed by atoms with van der Waals surface area (Å²) in [6, 6.07) is 8.70. The van der Waals surface area contributed by atoms with Crippen molar-refractivity contribution in [3.8, 4) is 17.5 Å². The highest BCUT2D eigenvalue weighted by atomic mass is 16.5. The Morgan fingerprint density at radius 2 is 1.68 bits per heavy atom. The van der Waals surface area contributed by atoms with E-state index in [-0.39, 0.29) is 18.3 Å². The Balaban J connectivity index is 1.15. The highest BCUT2D eigenvalue weighted by Gasteiger charge is 2.28. The monoisotopic (exact) mass is 470 g/mol. The molecular weight excluding hydrogens is 432 g/mol. The lowest BCUT2D eigenvalue weighted by molar-refractivity contribution is 0.0908. The van der Waals surface area contributed by atoms with Gasteiger partial charge in [-0.15, -0.1) is 0 Å². The lowest BCUT2D eigenvalue weighted by Crippen LogP contribution is -2.49. The largest absolute Gasteiger partial charge is 0.494 e. The van der Waals surface area contributed by atoms with E-state index in [0.29, 0.717) is 29.9 Å². The van der Waals surface area contributed by atoms with Gasteiger partial charge in [-0.05, 0) is 57.6 Å². The van der Waals surface area contributed by atoms with Crippen molar-refractivity contribution in [1.82, 2.24) is 9.47 Å². The molecule has 8 nitrogen and oxygen atoms in total. The molecule has 1 aromatic heterocycles. The highest BCUT2D eigenvalue weighted by molar-refractivity contribution is 5.65. The quantitative estimate of drug-likeness (QED) is 0.447. The van der Waals surface area contributed by atoms with Gasteiger partial charge in [0.2, 0.25) is 5.88 Å². The van der Waals surface area contributed by atoms with Gasteiger partial charge in [0.25, 0.3) is 0 Å². The number of anilines is 2. The average Bonchev–Trinajstić information content (AvgIpc) is 3.48. The van der Waals surface area contributed by atoms with Crippen LogP contribution in [-0.4, -0.2) is 75.8 Å². The summed E-state index contributed by atoms with van der Waals surface area (Å²) in [5, 5.41) is 35.1. The zero-order valence-electron chi connectivity index (χ0n) is 20.1. The van der Waals surface area contributed by atoms with Gasteiger partial charge in [0.05, 0.1) is 24.4 Å². The third-order valence-electron chi connectivity index (χ3n) is 7.41. The van der Waals surface area contributed by atoms with Gasteiger partial charge in [-0.3, -0.25) is 9.47 Å². The van der Waals surface area contributed by atoms with Gasteiger partial charge in [0, 0.05) is 44.3 Å². The standard InChI is InChI=1S/C26H38N4O4/c1-18-24(27-19-10-11-19)26(33)30(25(18)32)17-20(31)16-28-12-14-29(15-13-28)22-8-4-5-9-23(22)34-21-6-2-3-7-21/h4-5,8-9,19-21,27,31-33H,2-3,6-7,10-17H2,1H3. The third kappa shape index (κ3) is 5.08. The Labute approximate surface area is 201 Å². The maximum atomic E-state index is 10.7. The van der Waals surface area contributed by atoms with E-state index in [2.05, 4.69) is 33.3 Å². The van der Waals surface area contributed by atoms with Gasteiger partial charge >= 0.3 is 0 Å². The molecule has 4 N–H and O–H groups in total. The molecule has 186 valence electrons. The first kappa shape index (κ1) is 23.2. The first-order valence-corrected chi connectivity index (χ1v) is 12.8. The maximum Gasteiger partial charge on any atom is 0.218 e. The summed E-state index contributed by atoms with van der Waals surface area (Å²) in [5.41, 5.74) is 2.37. The van der Waals surface area contributed by atoms with Crippen molar-refractivity contribution in [2.75, 3.05) is 42.9 Å². The van der Waals surface area contributed by atoms with Crippen LogP contribution in [0.1, 0.15) is 44.1 Å². The molecule has 0 radical (unpaired) electrons. The number of nitrogens with one attached hydrogen (secondary N) is 1. The molecule has 2 aromatic rings. The molecule has 3 fully saturated rings. The predicted octanol–water partition coefficient (Wildman–Crippen LogP) is 3.29. The SMILES string of the molecule is Cc1c(NC2CC2)c(O)n(CC(O)CN2CCN(c3ccccc3OC3CCCC3)CC2)c1O. The number of aromatic nitrogens is 1. The zero-order valence-corrected chi connectivity index (χ0v) is 20.1. The fraction of sp³-hybridized carbons (Fsp3) is 0.615. The molecule has 1 aromatic carbocycles. The second-order valence-corrected chi connectivity index (χ2v) is 10.1. The maximum absolute atomic E-state index is 10.7. The van der Waals surface area contributed by atoms with Crippen molar-refractivity contribution < 1.29 is 20.1 Å². The molecule has 5 rings (SSSR count). The summed E-state index contributed by atoms with van der Waals surface area (Å²) < 4.78 is 7.74. The summed E-state index contributed by atoms with van der Waals surface area (Å²) in [7, 11) is 0. The molecule has 8 heteroatoms. The van der Waals surface area contributed by atoms with Gasteiger partial charge in [-0.1, -0.05) is 12.1 Å². The normalized spacial score (nSPS) is 20.6. The number of ether oxygens (including phenoxy) is 1. The molecule has 1 saturated heterocycles. The Kier molecular flexibility index (Phi) is 6.79. The van der Waals surface area contributed by atoms with Crippen molar-refractivity contribution in [3.63, 3.8) is 0 Å². The van der Waals surface area contributed by atoms with Crippen LogP contribution in [0.5, 0.6) is 17.5 Å². The van der Waals surface area contributed by atoms with Crippen LogP contribution in [0.4, 0.5) is 11.4 Å². The van der Waals surface area contributed by atoms with Crippen LogP contribution in [0, 0.1) is 6.92 Å². The Morgan fingerprint density at radius 3 is 2.38 bits per heavy atom. The van der Waals surface area contributed by atoms with Gasteiger partial charge < -0.3 is 30.3 Å². The molecule has 2 saturated carbocycles. The van der Waals surface area contributed by atoms with Crippen molar-refractivity contribution in [2.24, 2.45) is 0 Å². The van der Waals surface area contributed by atoms with Crippen LogP contribution in [-0.2, 0) is 6.54 Å². The molecule has 2 aliphatic carbocycles. The van der Waals surface area contributed by atoms with E-state index < -0.39 is 6.10 Å². The summed E-state index contributed by atoms with van der Waals surface area (Å²) in [4.78, 5) is 4.62. The molecule has 1 aliphatic heterocycles. The van der Waals surface area contributed by atoms with Crippen LogP contribution >= 0.6 is 0 Å². The number of aromatic hydroxyl groups is 2. The van der Waals surface area contributed by atoms with Crippen molar-refractivity contribution in [2.45, 2.75) is 70.2 Å². The molecule has 3 aliphatic rings. The fourth-order valence-corrected chi connectivity index (χ4v) is 5.24. The third-order valence-corrected chi connectivity index (χ3v) is 7.41. The Hall–Kier alpha value is -2.58. The van der Waals surface area contributed by atoms with Crippen LogP contribution in [0.15, 0.2) is 24.3 Å². The Morgan fingerprint density at radius 1 is 0.971 bits per heavy atom. The molecular formula is C26H38N4O4. The number of aliphatic hydroxyl groups is 1. The number of para-hydroxylation sites is 2. The van der Waals surface area contributed by atoms with Gasteiger partial charge in [-0.25, -0.2) is 0 Å². The van der Waals surface area contributed by atoms with Crippen molar-refractivity contribution in [3.05, 3.63) is 29.8 Å². The Bertz CT molecular complexity index is 975. The number of piperazine rings is 1. The van der Waals surface area contributed by atoms with Crippen LogP contribution in [0.2, 0.25) is 0 Å². The second-order valence-electron chi connectivity index (χ2n) is 10.1. The first-order valence-electron chi connectivity index (χ1n) is 12.8. The van der Waals surface area contributed by atoms with E-state index in [9.17, 15) is 15.3 Å². The summed E-state index contributed by atoms with van der Waals surface area (Å²) in [6.45, 7) is 5.85. The fourth-order valence-electron chi connectivity index (χ4n) is 5.24. The predicted molar refractivity (Wildman–Crippen MR) is 133 cm³/mol. The average molecular weight is 471 g/mol. The minimum atomic E-state index is -0.693. The smallest absolute Gasteiger partial charge is 0.218 e. The number of aliphatic hydroxyl groups excluding tert-OH is 1. The zero-order chi connectivity index (χ0) is 23.7. The molecule has 0 spiro atoms. The van der Waals surface area contributed by atoms with E-state index in [1.807, 2.05) is 6.07 Å². The number of hydrogen-bond donors (Lipinski definition) is 4. The number of benzene rings is 1. The number of hydrogen-bond acceptors (Lipinski definition) is 7. The van der Waals surface area contributed by atoms with Crippen LogP contribution in [0.3, 0.4) is 0 Å². The highest BCUT2D eigenvalue weighted by Crippen LogP contribution is 2.40. The summed E-state index contributed by atoms with van der Waals surface area (Å²) in [6.07, 6.45) is 6.60. The molecule has 2 heterocycles. The topological polar surface area (TPSA) is 93.4 Å². The van der Waals surface area contributed by atoms with Gasteiger partial charge in [-0.2, -0.15) is 0 Å². The number of rotatable bonds is 9. The first-order chi connectivity index (χ1) is 16.5. The second kappa shape index (κ2) is 9.96. The van der Waals surface area contributed by atoms with E-state index in [1.165, 1.54) is 17.4 Å². The van der Waals surface area contributed by atoms with Crippen molar-refractivity contribution >= 4 is 11.4 Å². The molecule has 0 amide bonds. The van der Waals surface area contributed by atoms with Gasteiger partial charge in [0.15, 0.2) is 5.88 Å². The van der Waals surface area contributed by atoms with E-state index in [1.54, 1.807) is 6.92 Å². The molecule has 1 unspecified atom stereocenters. The molecule has 0 bridgehead atoms. The van der Waals surface area contributed by atoms with Crippen LogP contribution < -0.4 is 15.0 Å². The lowest BCUT2D eigenvalue weighted by atomic mass is 10.2. The van der Waals surface area contributed by atoms with Crippen LogP contribution in [0.25, 0.3) is 0 Å². The van der Waals surface area contributed by atoms with Gasteiger partial charge in [0.1, 0.15) is 11.4 Å². The molecule has 1 atom stereocenters. The van der Waals surface area contributed by atoms with E-state index >= 15 is 0 Å².